The summed E-state index contributed by atoms with van der Waals surface area (Å²) in [4.78, 5) is 24.6. The molecule has 0 aliphatic rings. The first kappa shape index (κ1) is 17.9. The first-order valence-electron chi connectivity index (χ1n) is 8.30. The predicted molar refractivity (Wildman–Crippen MR) is 99.9 cm³/mol. The third kappa shape index (κ3) is 4.02. The van der Waals surface area contributed by atoms with Gasteiger partial charge in [-0.2, -0.15) is 10.4 Å². The smallest absolute Gasteiger partial charge is 0.314 e. The lowest BCUT2D eigenvalue weighted by molar-refractivity contribution is -0.136. The summed E-state index contributed by atoms with van der Waals surface area (Å²) in [6.07, 6.45) is 1.34. The zero-order valence-electron chi connectivity index (χ0n) is 14.6. The number of para-hydroxylation sites is 1. The van der Waals surface area contributed by atoms with Gasteiger partial charge in [0.25, 0.3) is 0 Å². The van der Waals surface area contributed by atoms with Crippen molar-refractivity contribution < 1.29 is 9.59 Å². The van der Waals surface area contributed by atoms with Crippen LogP contribution in [0.5, 0.6) is 0 Å². The van der Waals surface area contributed by atoms with E-state index in [1.54, 1.807) is 19.1 Å². The molecule has 2 N–H and O–H groups in total. The Labute approximate surface area is 156 Å². The average Bonchev–Trinajstić information content (AvgIpc) is 3.11. The monoisotopic (exact) mass is 359 g/mol. The molecule has 0 aliphatic carbocycles. The number of nitriles is 1. The number of carbonyl (C=O) groups is 2. The summed E-state index contributed by atoms with van der Waals surface area (Å²) in [6, 6.07) is 20.0. The van der Waals surface area contributed by atoms with Crippen LogP contribution < -0.4 is 10.6 Å². The van der Waals surface area contributed by atoms with Gasteiger partial charge in [-0.25, -0.2) is 4.68 Å². The van der Waals surface area contributed by atoms with Gasteiger partial charge in [0, 0.05) is 0 Å². The van der Waals surface area contributed by atoms with E-state index in [1.165, 1.54) is 10.9 Å². The van der Waals surface area contributed by atoms with Crippen LogP contribution in [-0.2, 0) is 9.59 Å². The largest absolute Gasteiger partial charge is 0.341 e. The minimum atomic E-state index is -0.869. The molecule has 27 heavy (non-hydrogen) atoms. The molecule has 3 rings (SSSR count). The number of anilines is 1. The molecule has 0 unspecified atom stereocenters. The van der Waals surface area contributed by atoms with Gasteiger partial charge in [0.15, 0.2) is 5.82 Å². The Morgan fingerprint density at radius 2 is 1.67 bits per heavy atom. The van der Waals surface area contributed by atoms with E-state index in [1.807, 2.05) is 54.6 Å². The van der Waals surface area contributed by atoms with Gasteiger partial charge in [0.2, 0.25) is 0 Å². The Morgan fingerprint density at radius 1 is 1.04 bits per heavy atom. The Kier molecular flexibility index (Phi) is 5.28. The van der Waals surface area contributed by atoms with Gasteiger partial charge in [-0.1, -0.05) is 48.5 Å². The third-order valence-electron chi connectivity index (χ3n) is 3.98. The van der Waals surface area contributed by atoms with Crippen molar-refractivity contribution in [2.75, 3.05) is 5.32 Å². The molecule has 0 fully saturated rings. The topological polar surface area (TPSA) is 99.8 Å². The zero-order chi connectivity index (χ0) is 19.2. The van der Waals surface area contributed by atoms with E-state index in [0.717, 1.165) is 5.56 Å². The highest BCUT2D eigenvalue weighted by atomic mass is 16.2. The van der Waals surface area contributed by atoms with Gasteiger partial charge in [-0.05, 0) is 24.6 Å². The van der Waals surface area contributed by atoms with E-state index in [2.05, 4.69) is 15.7 Å². The Balaban J connectivity index is 1.77. The highest BCUT2D eigenvalue weighted by Gasteiger charge is 2.21. The molecule has 0 saturated carbocycles. The van der Waals surface area contributed by atoms with E-state index in [4.69, 9.17) is 0 Å². The van der Waals surface area contributed by atoms with Gasteiger partial charge < -0.3 is 10.6 Å². The fourth-order valence-corrected chi connectivity index (χ4v) is 2.57. The van der Waals surface area contributed by atoms with Crippen LogP contribution in [0.1, 0.15) is 24.1 Å². The minimum absolute atomic E-state index is 0.149. The maximum Gasteiger partial charge on any atom is 0.314 e. The SMILES string of the molecule is C[C@@H](NC(=O)C(=O)Nc1c(C#N)cnn1-c1ccccc1)c1ccccc1. The van der Waals surface area contributed by atoms with Crippen LogP contribution in [-0.4, -0.2) is 21.6 Å². The number of rotatable bonds is 4. The van der Waals surface area contributed by atoms with E-state index in [9.17, 15) is 14.9 Å². The van der Waals surface area contributed by atoms with Crippen molar-refractivity contribution in [2.45, 2.75) is 13.0 Å². The number of aromatic nitrogens is 2. The number of benzene rings is 2. The molecule has 1 heterocycles. The fourth-order valence-electron chi connectivity index (χ4n) is 2.57. The summed E-state index contributed by atoms with van der Waals surface area (Å²) in [6.45, 7) is 1.79. The van der Waals surface area contributed by atoms with E-state index < -0.39 is 11.8 Å². The second-order valence-electron chi connectivity index (χ2n) is 5.83. The highest BCUT2D eigenvalue weighted by molar-refractivity contribution is 6.39. The fraction of sp³-hybridized carbons (Fsp3) is 0.100. The number of carbonyl (C=O) groups excluding carboxylic acids is 2. The van der Waals surface area contributed by atoms with Gasteiger partial charge in [-0.3, -0.25) is 9.59 Å². The number of nitrogens with zero attached hydrogens (tertiary/aromatic N) is 3. The molecule has 0 radical (unpaired) electrons. The molecule has 134 valence electrons. The molecule has 1 aromatic heterocycles. The van der Waals surface area contributed by atoms with Crippen LogP contribution >= 0.6 is 0 Å². The van der Waals surface area contributed by atoms with E-state index >= 15 is 0 Å². The van der Waals surface area contributed by atoms with Crippen molar-refractivity contribution in [3.63, 3.8) is 0 Å². The molecule has 7 nitrogen and oxygen atoms in total. The average molecular weight is 359 g/mol. The second kappa shape index (κ2) is 7.97. The summed E-state index contributed by atoms with van der Waals surface area (Å²) in [5.41, 5.74) is 1.70. The van der Waals surface area contributed by atoms with Crippen molar-refractivity contribution in [1.29, 1.82) is 5.26 Å². The predicted octanol–water partition coefficient (Wildman–Crippen LogP) is 2.56. The van der Waals surface area contributed by atoms with Crippen molar-refractivity contribution in [2.24, 2.45) is 0 Å². The number of hydrogen-bond acceptors (Lipinski definition) is 4. The maximum absolute atomic E-state index is 12.4. The van der Waals surface area contributed by atoms with Crippen LogP contribution in [0.25, 0.3) is 5.69 Å². The molecule has 0 bridgehead atoms. The van der Waals surface area contributed by atoms with Crippen LogP contribution in [0.15, 0.2) is 66.9 Å². The second-order valence-corrected chi connectivity index (χ2v) is 5.83. The van der Waals surface area contributed by atoms with Crippen LogP contribution in [0.3, 0.4) is 0 Å². The molecular weight excluding hydrogens is 342 g/mol. The molecule has 0 aliphatic heterocycles. The first-order valence-corrected chi connectivity index (χ1v) is 8.30. The Bertz CT molecular complexity index is 990. The summed E-state index contributed by atoms with van der Waals surface area (Å²) in [7, 11) is 0. The molecule has 0 spiro atoms. The normalized spacial score (nSPS) is 11.3. The van der Waals surface area contributed by atoms with Gasteiger partial charge in [0.05, 0.1) is 17.9 Å². The van der Waals surface area contributed by atoms with Crippen molar-refractivity contribution in [3.8, 4) is 11.8 Å². The lowest BCUT2D eigenvalue weighted by atomic mass is 10.1. The van der Waals surface area contributed by atoms with E-state index in [0.29, 0.717) is 5.69 Å². The van der Waals surface area contributed by atoms with E-state index in [-0.39, 0.29) is 17.4 Å². The molecule has 1 atom stereocenters. The van der Waals surface area contributed by atoms with Crippen LogP contribution in [0.2, 0.25) is 0 Å². The Morgan fingerprint density at radius 3 is 2.30 bits per heavy atom. The molecule has 2 amide bonds. The zero-order valence-corrected chi connectivity index (χ0v) is 14.6. The first-order chi connectivity index (χ1) is 13.1. The van der Waals surface area contributed by atoms with Crippen molar-refractivity contribution in [3.05, 3.63) is 78.0 Å². The summed E-state index contributed by atoms with van der Waals surface area (Å²) in [5.74, 6) is -1.51. The summed E-state index contributed by atoms with van der Waals surface area (Å²) in [5, 5.41) is 18.5. The van der Waals surface area contributed by atoms with Crippen LogP contribution in [0, 0.1) is 11.3 Å². The third-order valence-corrected chi connectivity index (χ3v) is 3.98. The van der Waals surface area contributed by atoms with Gasteiger partial charge in [0.1, 0.15) is 11.6 Å². The standard InChI is InChI=1S/C20H17N5O2/c1-14(15-8-4-2-5-9-15)23-19(26)20(27)24-18-16(12-21)13-22-25(18)17-10-6-3-7-11-17/h2-11,13-14H,1H3,(H,23,26)(H,24,27)/t14-/m1/s1. The van der Waals surface area contributed by atoms with Crippen molar-refractivity contribution >= 4 is 17.6 Å². The highest BCUT2D eigenvalue weighted by Crippen LogP contribution is 2.19. The molecule has 0 saturated heterocycles. The maximum atomic E-state index is 12.4. The quantitative estimate of drug-likeness (QED) is 0.699. The van der Waals surface area contributed by atoms with Gasteiger partial charge >= 0.3 is 11.8 Å². The number of hydrogen-bond donors (Lipinski definition) is 2. The molecule has 7 heteroatoms. The van der Waals surface area contributed by atoms with Crippen LogP contribution in [0.4, 0.5) is 5.82 Å². The number of amides is 2. The van der Waals surface area contributed by atoms with Crippen molar-refractivity contribution in [1.82, 2.24) is 15.1 Å². The lowest BCUT2D eigenvalue weighted by Gasteiger charge is -2.14. The Hall–Kier alpha value is -3.92. The molecular formula is C20H17N5O2. The lowest BCUT2D eigenvalue weighted by Crippen LogP contribution is -2.37. The summed E-state index contributed by atoms with van der Waals surface area (Å²) >= 11 is 0. The van der Waals surface area contributed by atoms with Gasteiger partial charge in [-0.15, -0.1) is 0 Å². The number of nitrogens with one attached hydrogen (secondary N) is 2. The minimum Gasteiger partial charge on any atom is -0.341 e. The molecule has 3 aromatic rings. The molecule has 2 aromatic carbocycles. The summed E-state index contributed by atoms with van der Waals surface area (Å²) < 4.78 is 1.41.